The van der Waals surface area contributed by atoms with E-state index in [1.165, 1.54) is 17.5 Å². The van der Waals surface area contributed by atoms with Crippen LogP contribution in [0.5, 0.6) is 0 Å². The van der Waals surface area contributed by atoms with Gasteiger partial charge in [0.1, 0.15) is 0 Å². The van der Waals surface area contributed by atoms with Crippen molar-refractivity contribution in [3.8, 4) is 0 Å². The number of halogens is 2. The van der Waals surface area contributed by atoms with Crippen LogP contribution in [0.4, 0.5) is 0 Å². The number of ketones is 1. The molecule has 0 radical (unpaired) electrons. The highest BCUT2D eigenvalue weighted by atomic mass is 35.5. The third-order valence-electron chi connectivity index (χ3n) is 3.49. The average Bonchev–Trinajstić information content (AvgIpc) is 2.83. The molecule has 1 nitrogen and oxygen atoms in total. The summed E-state index contributed by atoms with van der Waals surface area (Å²) in [7, 11) is 0. The van der Waals surface area contributed by atoms with Gasteiger partial charge < -0.3 is 0 Å². The molecule has 0 atom stereocenters. The van der Waals surface area contributed by atoms with E-state index in [1.807, 2.05) is 12.1 Å². The molecule has 0 spiro atoms. The van der Waals surface area contributed by atoms with E-state index >= 15 is 0 Å². The summed E-state index contributed by atoms with van der Waals surface area (Å²) in [4.78, 5) is 12.4. The van der Waals surface area contributed by atoms with Crippen LogP contribution in [-0.4, -0.2) is 5.78 Å². The maximum Gasteiger partial charge on any atom is 0.193 e. The zero-order valence-electron chi connectivity index (χ0n) is 10.2. The molecule has 0 aromatic heterocycles. The molecule has 0 heterocycles. The first kappa shape index (κ1) is 12.7. The smallest absolute Gasteiger partial charge is 0.193 e. The van der Waals surface area contributed by atoms with E-state index < -0.39 is 0 Å². The molecule has 3 rings (SSSR count). The van der Waals surface area contributed by atoms with Crippen LogP contribution in [0.25, 0.3) is 0 Å². The predicted molar refractivity (Wildman–Crippen MR) is 78.4 cm³/mol. The maximum atomic E-state index is 12.4. The van der Waals surface area contributed by atoms with Crippen LogP contribution < -0.4 is 0 Å². The van der Waals surface area contributed by atoms with Gasteiger partial charge >= 0.3 is 0 Å². The zero-order valence-corrected chi connectivity index (χ0v) is 11.8. The molecular weight excluding hydrogens is 279 g/mol. The molecule has 96 valence electrons. The third-order valence-corrected chi connectivity index (χ3v) is 3.92. The molecule has 0 aliphatic heterocycles. The Balaban J connectivity index is 1.99. The highest BCUT2D eigenvalue weighted by molar-refractivity contribution is 6.35. The Morgan fingerprint density at radius 3 is 2.26 bits per heavy atom. The second kappa shape index (κ2) is 4.99. The number of fused-ring (bicyclic) bond motifs is 1. The molecule has 0 saturated heterocycles. The molecule has 0 amide bonds. The summed E-state index contributed by atoms with van der Waals surface area (Å²) < 4.78 is 0. The van der Waals surface area contributed by atoms with Gasteiger partial charge in [0.25, 0.3) is 0 Å². The van der Waals surface area contributed by atoms with Crippen LogP contribution in [0.2, 0.25) is 10.0 Å². The van der Waals surface area contributed by atoms with E-state index in [2.05, 4.69) is 6.07 Å². The largest absolute Gasteiger partial charge is 0.289 e. The van der Waals surface area contributed by atoms with Gasteiger partial charge in [0.05, 0.1) is 0 Å². The molecular formula is C16H12Cl2O. The van der Waals surface area contributed by atoms with Gasteiger partial charge in [-0.1, -0.05) is 35.3 Å². The quantitative estimate of drug-likeness (QED) is 0.732. The fourth-order valence-corrected chi connectivity index (χ4v) is 3.09. The topological polar surface area (TPSA) is 17.1 Å². The lowest BCUT2D eigenvalue weighted by Crippen LogP contribution is -2.02. The van der Waals surface area contributed by atoms with Crippen molar-refractivity contribution in [3.05, 3.63) is 68.7 Å². The molecule has 0 bridgehead atoms. The van der Waals surface area contributed by atoms with Crippen LogP contribution in [0.15, 0.2) is 36.4 Å². The fourth-order valence-electron chi connectivity index (χ4n) is 2.56. The van der Waals surface area contributed by atoms with E-state index in [1.54, 1.807) is 18.2 Å². The molecule has 1 aliphatic carbocycles. The Morgan fingerprint density at radius 2 is 1.53 bits per heavy atom. The fraction of sp³-hybridized carbons (Fsp3) is 0.188. The Hall–Kier alpha value is -1.31. The maximum absolute atomic E-state index is 12.4. The minimum absolute atomic E-state index is 0.0286. The molecule has 2 aromatic rings. The van der Waals surface area contributed by atoms with Crippen LogP contribution in [0, 0.1) is 0 Å². The summed E-state index contributed by atoms with van der Waals surface area (Å²) in [5.74, 6) is -0.0286. The minimum atomic E-state index is -0.0286. The monoisotopic (exact) mass is 290 g/mol. The second-order valence-corrected chi connectivity index (χ2v) is 5.70. The lowest BCUT2D eigenvalue weighted by molar-refractivity contribution is 0.103. The Kier molecular flexibility index (Phi) is 3.34. The van der Waals surface area contributed by atoms with Crippen molar-refractivity contribution in [1.82, 2.24) is 0 Å². The minimum Gasteiger partial charge on any atom is -0.289 e. The molecule has 2 aromatic carbocycles. The normalized spacial score (nSPS) is 13.4. The number of hydrogen-bond acceptors (Lipinski definition) is 1. The zero-order chi connectivity index (χ0) is 13.4. The van der Waals surface area contributed by atoms with E-state index in [4.69, 9.17) is 23.2 Å². The van der Waals surface area contributed by atoms with Crippen LogP contribution in [0.3, 0.4) is 0 Å². The van der Waals surface area contributed by atoms with Crippen molar-refractivity contribution in [2.24, 2.45) is 0 Å². The van der Waals surface area contributed by atoms with Gasteiger partial charge in [-0.25, -0.2) is 0 Å². The van der Waals surface area contributed by atoms with Crippen LogP contribution >= 0.6 is 23.2 Å². The van der Waals surface area contributed by atoms with Crippen LogP contribution in [-0.2, 0) is 12.8 Å². The first-order valence-electron chi connectivity index (χ1n) is 6.26. The molecule has 0 N–H and O–H groups in total. The standard InChI is InChI=1S/C16H12Cl2O/c17-14-7-13(8-15(18)9-14)16(19)12-5-4-10-2-1-3-11(10)6-12/h4-9H,1-3H2. The Labute approximate surface area is 122 Å². The number of hydrogen-bond donors (Lipinski definition) is 0. The second-order valence-electron chi connectivity index (χ2n) is 4.82. The Morgan fingerprint density at radius 1 is 0.842 bits per heavy atom. The molecule has 19 heavy (non-hydrogen) atoms. The summed E-state index contributed by atoms with van der Waals surface area (Å²) in [5, 5.41) is 0.967. The molecule has 0 saturated carbocycles. The van der Waals surface area contributed by atoms with Gasteiger partial charge in [0.15, 0.2) is 5.78 Å². The van der Waals surface area contributed by atoms with E-state index in [0.717, 1.165) is 12.8 Å². The van der Waals surface area contributed by atoms with Crippen molar-refractivity contribution in [2.75, 3.05) is 0 Å². The van der Waals surface area contributed by atoms with Crippen molar-refractivity contribution < 1.29 is 4.79 Å². The first-order chi connectivity index (χ1) is 9.13. The van der Waals surface area contributed by atoms with Crippen molar-refractivity contribution in [3.63, 3.8) is 0 Å². The van der Waals surface area contributed by atoms with Crippen molar-refractivity contribution >= 4 is 29.0 Å². The lowest BCUT2D eigenvalue weighted by atomic mass is 9.99. The van der Waals surface area contributed by atoms with Gasteiger partial charge in [0.2, 0.25) is 0 Å². The van der Waals surface area contributed by atoms with Gasteiger partial charge in [-0.2, -0.15) is 0 Å². The number of benzene rings is 2. The number of carbonyl (C=O) groups is 1. The summed E-state index contributed by atoms with van der Waals surface area (Å²) in [6, 6.07) is 10.9. The molecule has 0 fully saturated rings. The number of aryl methyl sites for hydroxylation is 2. The van der Waals surface area contributed by atoms with E-state index in [-0.39, 0.29) is 5.78 Å². The Bertz CT molecular complexity index is 642. The molecule has 0 unspecified atom stereocenters. The lowest BCUT2D eigenvalue weighted by Gasteiger charge is -2.05. The van der Waals surface area contributed by atoms with Gasteiger partial charge in [-0.05, 0) is 54.7 Å². The summed E-state index contributed by atoms with van der Waals surface area (Å²) in [6.45, 7) is 0. The molecule has 1 aliphatic rings. The first-order valence-corrected chi connectivity index (χ1v) is 7.02. The van der Waals surface area contributed by atoms with E-state index in [9.17, 15) is 4.79 Å². The molecule has 3 heteroatoms. The van der Waals surface area contributed by atoms with Gasteiger partial charge in [-0.3, -0.25) is 4.79 Å². The van der Waals surface area contributed by atoms with E-state index in [0.29, 0.717) is 21.2 Å². The third kappa shape index (κ3) is 2.54. The van der Waals surface area contributed by atoms with Crippen LogP contribution in [0.1, 0.15) is 33.5 Å². The SMILES string of the molecule is O=C(c1cc(Cl)cc(Cl)c1)c1ccc2c(c1)CCC2. The highest BCUT2D eigenvalue weighted by Gasteiger charge is 2.15. The van der Waals surface area contributed by atoms with Crippen molar-refractivity contribution in [1.29, 1.82) is 0 Å². The van der Waals surface area contributed by atoms with Gasteiger partial charge in [-0.15, -0.1) is 0 Å². The average molecular weight is 291 g/mol. The van der Waals surface area contributed by atoms with Gasteiger partial charge in [0, 0.05) is 21.2 Å². The summed E-state index contributed by atoms with van der Waals surface area (Å²) >= 11 is 11.9. The summed E-state index contributed by atoms with van der Waals surface area (Å²) in [5.41, 5.74) is 3.90. The number of rotatable bonds is 2. The number of carbonyl (C=O) groups excluding carboxylic acids is 1. The highest BCUT2D eigenvalue weighted by Crippen LogP contribution is 2.25. The summed E-state index contributed by atoms with van der Waals surface area (Å²) in [6.07, 6.45) is 3.36. The van der Waals surface area contributed by atoms with Crippen molar-refractivity contribution in [2.45, 2.75) is 19.3 Å². The predicted octanol–water partition coefficient (Wildman–Crippen LogP) is 4.71.